The molecule has 5 nitrogen and oxygen atoms in total. The summed E-state index contributed by atoms with van der Waals surface area (Å²) >= 11 is 0. The minimum Gasteiger partial charge on any atom is -0.314 e. The quantitative estimate of drug-likeness (QED) is 0.893. The van der Waals surface area contributed by atoms with Crippen molar-refractivity contribution < 1.29 is 8.78 Å². The molecule has 2 fully saturated rings. The number of nitrogens with zero attached hydrogens (tertiary/aromatic N) is 1. The molecule has 1 unspecified atom stereocenters. The Morgan fingerprint density at radius 2 is 2.04 bits per heavy atom. The lowest BCUT2D eigenvalue weighted by atomic mass is 10.1. The third-order valence-corrected chi connectivity index (χ3v) is 4.93. The Kier molecular flexibility index (Phi) is 4.03. The van der Waals surface area contributed by atoms with Crippen LogP contribution in [0.1, 0.15) is 43.7 Å². The normalized spacial score (nSPS) is 20.8. The summed E-state index contributed by atoms with van der Waals surface area (Å²) < 4.78 is 29.9. The topological polar surface area (TPSA) is 66.9 Å². The fourth-order valence-corrected chi connectivity index (χ4v) is 3.54. The number of hydrogen-bond acceptors (Lipinski definition) is 3. The molecule has 0 spiro atoms. The third kappa shape index (κ3) is 2.93. The summed E-state index contributed by atoms with van der Waals surface area (Å²) in [7, 11) is 0. The van der Waals surface area contributed by atoms with Crippen molar-refractivity contribution in [1.82, 2.24) is 14.9 Å². The molecule has 7 heteroatoms. The van der Waals surface area contributed by atoms with Gasteiger partial charge in [-0.15, -0.1) is 0 Å². The first-order valence-electron chi connectivity index (χ1n) is 8.62. The Hall–Kier alpha value is -2.28. The highest BCUT2D eigenvalue weighted by atomic mass is 19.2. The second kappa shape index (κ2) is 6.22. The zero-order chi connectivity index (χ0) is 17.6. The molecule has 132 valence electrons. The van der Waals surface area contributed by atoms with Crippen LogP contribution in [-0.2, 0) is 0 Å². The van der Waals surface area contributed by atoms with Gasteiger partial charge in [0.05, 0.1) is 10.9 Å². The largest absolute Gasteiger partial charge is 0.329 e. The van der Waals surface area contributed by atoms with E-state index in [0.717, 1.165) is 38.3 Å². The van der Waals surface area contributed by atoms with Gasteiger partial charge in [-0.1, -0.05) is 12.2 Å². The molecule has 4 rings (SSSR count). The Morgan fingerprint density at radius 1 is 1.24 bits per heavy atom. The minimum atomic E-state index is -1.09. The maximum atomic E-state index is 14.5. The molecule has 25 heavy (non-hydrogen) atoms. The number of hydrogen-bond donors (Lipinski definition) is 2. The van der Waals surface area contributed by atoms with E-state index in [2.05, 4.69) is 10.3 Å². The van der Waals surface area contributed by atoms with Gasteiger partial charge in [0, 0.05) is 17.6 Å². The van der Waals surface area contributed by atoms with Crippen molar-refractivity contribution in [3.05, 3.63) is 50.2 Å². The van der Waals surface area contributed by atoms with Crippen LogP contribution in [0.5, 0.6) is 0 Å². The lowest BCUT2D eigenvalue weighted by molar-refractivity contribution is 0.507. The number of fused-ring (bicyclic) bond motifs is 1. The van der Waals surface area contributed by atoms with E-state index in [1.165, 1.54) is 10.6 Å². The van der Waals surface area contributed by atoms with Crippen LogP contribution < -0.4 is 16.6 Å². The molecule has 1 aliphatic carbocycles. The van der Waals surface area contributed by atoms with Crippen molar-refractivity contribution >= 4 is 17.0 Å². The van der Waals surface area contributed by atoms with Gasteiger partial charge < -0.3 is 5.32 Å². The van der Waals surface area contributed by atoms with Gasteiger partial charge in [0.15, 0.2) is 11.6 Å². The van der Waals surface area contributed by atoms with E-state index in [1.54, 1.807) is 6.08 Å². The summed E-state index contributed by atoms with van der Waals surface area (Å²) in [4.78, 5) is 26.5. The zero-order valence-electron chi connectivity index (χ0n) is 13.6. The highest BCUT2D eigenvalue weighted by Crippen LogP contribution is 2.36. The van der Waals surface area contributed by atoms with Crippen LogP contribution >= 0.6 is 0 Å². The molecular formula is C18H19F2N3O2. The van der Waals surface area contributed by atoms with Crippen molar-refractivity contribution in [3.63, 3.8) is 0 Å². The second-order valence-corrected chi connectivity index (χ2v) is 6.77. The molecular weight excluding hydrogens is 328 g/mol. The van der Waals surface area contributed by atoms with Gasteiger partial charge in [0.1, 0.15) is 0 Å². The fourth-order valence-electron chi connectivity index (χ4n) is 3.54. The Balaban J connectivity index is 1.88. The summed E-state index contributed by atoms with van der Waals surface area (Å²) in [6, 6.07) is 1.13. The van der Waals surface area contributed by atoms with Gasteiger partial charge >= 0.3 is 5.69 Å². The van der Waals surface area contributed by atoms with Gasteiger partial charge in [-0.2, -0.15) is 0 Å². The van der Waals surface area contributed by atoms with Gasteiger partial charge in [-0.05, 0) is 44.7 Å². The van der Waals surface area contributed by atoms with Crippen molar-refractivity contribution in [1.29, 1.82) is 0 Å². The van der Waals surface area contributed by atoms with E-state index in [-0.39, 0.29) is 22.5 Å². The number of aromatic nitrogens is 2. The lowest BCUT2D eigenvalue weighted by Crippen LogP contribution is -2.30. The average molecular weight is 347 g/mol. The van der Waals surface area contributed by atoms with Crippen molar-refractivity contribution in [2.75, 3.05) is 6.54 Å². The maximum absolute atomic E-state index is 14.5. The Bertz CT molecular complexity index is 967. The van der Waals surface area contributed by atoms with E-state index in [1.807, 2.05) is 0 Å². The fraction of sp³-hybridized carbons (Fsp3) is 0.444. The highest BCUT2D eigenvalue weighted by Gasteiger charge is 2.29. The van der Waals surface area contributed by atoms with E-state index < -0.39 is 22.9 Å². The molecule has 0 radical (unpaired) electrons. The SMILES string of the molecule is O=c1[nH]c(=O)n(C2CC2)c2c(C=CCC3CCCN3)c(F)c(F)cc12. The van der Waals surface area contributed by atoms with Crippen LogP contribution in [0.4, 0.5) is 8.78 Å². The summed E-state index contributed by atoms with van der Waals surface area (Å²) in [6.45, 7) is 0.965. The average Bonchev–Trinajstić information content (AvgIpc) is 3.27. The van der Waals surface area contributed by atoms with Crippen molar-refractivity contribution in [2.24, 2.45) is 0 Å². The van der Waals surface area contributed by atoms with Crippen LogP contribution in [0.3, 0.4) is 0 Å². The third-order valence-electron chi connectivity index (χ3n) is 4.93. The molecule has 2 aromatic rings. The molecule has 2 aliphatic rings. The molecule has 1 atom stereocenters. The van der Waals surface area contributed by atoms with E-state index >= 15 is 0 Å². The number of benzene rings is 1. The van der Waals surface area contributed by atoms with Gasteiger partial charge in [-0.3, -0.25) is 14.3 Å². The predicted molar refractivity (Wildman–Crippen MR) is 91.7 cm³/mol. The molecule has 0 amide bonds. The predicted octanol–water partition coefficient (Wildman–Crippen LogP) is 2.46. The molecule has 2 N–H and O–H groups in total. The van der Waals surface area contributed by atoms with Crippen LogP contribution in [0.15, 0.2) is 21.7 Å². The minimum absolute atomic E-state index is 0.00374. The molecule has 1 saturated carbocycles. The molecule has 1 aromatic heterocycles. The van der Waals surface area contributed by atoms with Crippen LogP contribution in [0.2, 0.25) is 0 Å². The smallest absolute Gasteiger partial charge is 0.314 e. The van der Waals surface area contributed by atoms with Crippen molar-refractivity contribution in [3.8, 4) is 0 Å². The first-order valence-corrected chi connectivity index (χ1v) is 8.62. The molecule has 0 bridgehead atoms. The van der Waals surface area contributed by atoms with E-state index in [4.69, 9.17) is 0 Å². The standard InChI is InChI=1S/C18H19F2N3O2/c19-14-9-13-16(23(11-6-7-11)18(25)22-17(13)24)12(15(14)20)5-1-3-10-4-2-8-21-10/h1,5,9-11,21H,2-4,6-8H2,(H,22,24,25). The Labute approximate surface area is 142 Å². The monoisotopic (exact) mass is 347 g/mol. The van der Waals surface area contributed by atoms with Crippen LogP contribution in [0, 0.1) is 11.6 Å². The summed E-state index contributed by atoms with van der Waals surface area (Å²) in [5.74, 6) is -2.11. The summed E-state index contributed by atoms with van der Waals surface area (Å²) in [5, 5.41) is 3.34. The van der Waals surface area contributed by atoms with Crippen molar-refractivity contribution in [2.45, 2.75) is 44.2 Å². The number of H-pyrrole nitrogens is 1. The molecule has 2 heterocycles. The second-order valence-electron chi connectivity index (χ2n) is 6.77. The van der Waals surface area contributed by atoms with Gasteiger partial charge in [0.25, 0.3) is 5.56 Å². The maximum Gasteiger partial charge on any atom is 0.329 e. The van der Waals surface area contributed by atoms with Crippen LogP contribution in [0.25, 0.3) is 17.0 Å². The first kappa shape index (κ1) is 16.2. The number of halogens is 2. The van der Waals surface area contributed by atoms with E-state index in [9.17, 15) is 18.4 Å². The molecule has 1 saturated heterocycles. The molecule has 1 aliphatic heterocycles. The Morgan fingerprint density at radius 3 is 2.72 bits per heavy atom. The van der Waals surface area contributed by atoms with E-state index in [0.29, 0.717) is 12.5 Å². The molecule has 1 aromatic carbocycles. The van der Waals surface area contributed by atoms with Gasteiger partial charge in [0.2, 0.25) is 0 Å². The number of rotatable bonds is 4. The van der Waals surface area contributed by atoms with Crippen LogP contribution in [-0.4, -0.2) is 22.1 Å². The first-order chi connectivity index (χ1) is 12.1. The number of nitrogens with one attached hydrogen (secondary N) is 2. The summed E-state index contributed by atoms with van der Waals surface area (Å²) in [5.41, 5.74) is -1.10. The number of aromatic amines is 1. The highest BCUT2D eigenvalue weighted by molar-refractivity contribution is 5.87. The van der Waals surface area contributed by atoms with Gasteiger partial charge in [-0.25, -0.2) is 13.6 Å². The lowest BCUT2D eigenvalue weighted by Gasteiger charge is -2.12. The zero-order valence-corrected chi connectivity index (χ0v) is 13.6. The summed E-state index contributed by atoms with van der Waals surface area (Å²) in [6.07, 6.45) is 7.69.